The molecule has 1 heterocycles. The first-order chi connectivity index (χ1) is 9.18. The van der Waals surface area contributed by atoms with Crippen molar-refractivity contribution in [2.45, 2.75) is 6.92 Å². The number of aromatic nitrogens is 3. The van der Waals surface area contributed by atoms with E-state index in [0.717, 1.165) is 16.6 Å². The van der Waals surface area contributed by atoms with Gasteiger partial charge in [-0.2, -0.15) is 0 Å². The van der Waals surface area contributed by atoms with Crippen molar-refractivity contribution in [3.8, 4) is 5.69 Å². The lowest BCUT2D eigenvalue weighted by Gasteiger charge is -2.09. The minimum Gasteiger partial charge on any atom is -0.478 e. The Balaban J connectivity index is 2.36. The highest BCUT2D eigenvalue weighted by atomic mass is 16.4. The van der Waals surface area contributed by atoms with Crippen LogP contribution in [0.15, 0.2) is 42.5 Å². The average molecular weight is 253 g/mol. The van der Waals surface area contributed by atoms with E-state index in [1.807, 2.05) is 37.3 Å². The topological polar surface area (TPSA) is 68.0 Å². The van der Waals surface area contributed by atoms with Crippen LogP contribution in [0.25, 0.3) is 16.7 Å². The molecule has 5 nitrogen and oxygen atoms in total. The molecule has 0 bridgehead atoms. The van der Waals surface area contributed by atoms with Gasteiger partial charge in [0.2, 0.25) is 0 Å². The summed E-state index contributed by atoms with van der Waals surface area (Å²) in [5, 5.41) is 17.4. The normalized spacial score (nSPS) is 10.8. The van der Waals surface area contributed by atoms with E-state index in [9.17, 15) is 9.90 Å². The fourth-order valence-electron chi connectivity index (χ4n) is 2.15. The number of carboxylic acids is 1. The van der Waals surface area contributed by atoms with Gasteiger partial charge >= 0.3 is 5.97 Å². The molecule has 0 saturated heterocycles. The number of benzene rings is 2. The van der Waals surface area contributed by atoms with Gasteiger partial charge < -0.3 is 5.11 Å². The maximum Gasteiger partial charge on any atom is 0.337 e. The molecule has 0 radical (unpaired) electrons. The maximum atomic E-state index is 11.3. The summed E-state index contributed by atoms with van der Waals surface area (Å²) in [5.74, 6) is -0.974. The van der Waals surface area contributed by atoms with Crippen molar-refractivity contribution in [3.05, 3.63) is 53.6 Å². The summed E-state index contributed by atoms with van der Waals surface area (Å²) in [6.45, 7) is 1.86. The largest absolute Gasteiger partial charge is 0.478 e. The number of aryl methyl sites for hydroxylation is 1. The van der Waals surface area contributed by atoms with E-state index in [2.05, 4.69) is 10.3 Å². The zero-order valence-electron chi connectivity index (χ0n) is 10.2. The van der Waals surface area contributed by atoms with Crippen LogP contribution in [0.5, 0.6) is 0 Å². The van der Waals surface area contributed by atoms with Crippen LogP contribution < -0.4 is 0 Å². The molecule has 1 aromatic heterocycles. The van der Waals surface area contributed by atoms with Gasteiger partial charge in [0, 0.05) is 0 Å². The number of fused-ring (bicyclic) bond motifs is 1. The Morgan fingerprint density at radius 1 is 1.16 bits per heavy atom. The van der Waals surface area contributed by atoms with Crippen LogP contribution in [-0.2, 0) is 0 Å². The van der Waals surface area contributed by atoms with E-state index >= 15 is 0 Å². The second-order valence-electron chi connectivity index (χ2n) is 4.27. The minimum atomic E-state index is -0.974. The molecule has 5 heteroatoms. The molecule has 19 heavy (non-hydrogen) atoms. The van der Waals surface area contributed by atoms with Crippen LogP contribution in [0.3, 0.4) is 0 Å². The summed E-state index contributed by atoms with van der Waals surface area (Å²) in [7, 11) is 0. The van der Waals surface area contributed by atoms with Crippen molar-refractivity contribution in [1.29, 1.82) is 0 Å². The molecule has 0 unspecified atom stereocenters. The predicted octanol–water partition coefficient (Wildman–Crippen LogP) is 2.43. The maximum absolute atomic E-state index is 11.3. The number of rotatable bonds is 2. The Bertz CT molecular complexity index is 777. The first-order valence-electron chi connectivity index (χ1n) is 5.82. The molecule has 0 spiro atoms. The van der Waals surface area contributed by atoms with Gasteiger partial charge in [-0.25, -0.2) is 9.48 Å². The molecule has 3 aromatic rings. The monoisotopic (exact) mass is 253 g/mol. The molecular weight excluding hydrogens is 242 g/mol. The first-order valence-corrected chi connectivity index (χ1v) is 5.82. The summed E-state index contributed by atoms with van der Waals surface area (Å²) in [6, 6.07) is 12.6. The van der Waals surface area contributed by atoms with Gasteiger partial charge in [0.25, 0.3) is 0 Å². The van der Waals surface area contributed by atoms with Crippen LogP contribution in [0.1, 0.15) is 15.9 Å². The summed E-state index contributed by atoms with van der Waals surface area (Å²) in [4.78, 5) is 11.3. The second-order valence-corrected chi connectivity index (χ2v) is 4.27. The van der Waals surface area contributed by atoms with E-state index in [4.69, 9.17) is 0 Å². The summed E-state index contributed by atoms with van der Waals surface area (Å²) in [6.07, 6.45) is 0. The molecule has 1 N–H and O–H groups in total. The number of nitrogens with zero attached hydrogens (tertiary/aromatic N) is 3. The molecule has 0 fully saturated rings. The van der Waals surface area contributed by atoms with Gasteiger partial charge in [0.1, 0.15) is 5.52 Å². The molecule has 0 aliphatic heterocycles. The Kier molecular flexibility index (Phi) is 2.52. The van der Waals surface area contributed by atoms with Gasteiger partial charge in [-0.15, -0.1) is 5.10 Å². The van der Waals surface area contributed by atoms with Crippen molar-refractivity contribution in [3.63, 3.8) is 0 Å². The van der Waals surface area contributed by atoms with Gasteiger partial charge in [0.05, 0.1) is 16.8 Å². The third-order valence-electron chi connectivity index (χ3n) is 3.03. The van der Waals surface area contributed by atoms with E-state index in [-0.39, 0.29) is 5.56 Å². The van der Waals surface area contributed by atoms with Crippen LogP contribution in [0.4, 0.5) is 0 Å². The SMILES string of the molecule is Cc1cccc(C(=O)O)c1-n1nnc2ccccc21. The quantitative estimate of drug-likeness (QED) is 0.761. The van der Waals surface area contributed by atoms with Gasteiger partial charge in [-0.1, -0.05) is 29.5 Å². The van der Waals surface area contributed by atoms with E-state index in [1.165, 1.54) is 0 Å². The van der Waals surface area contributed by atoms with Gasteiger partial charge in [0.15, 0.2) is 0 Å². The molecule has 0 atom stereocenters. The Morgan fingerprint density at radius 3 is 2.74 bits per heavy atom. The molecule has 2 aromatic carbocycles. The van der Waals surface area contributed by atoms with Crippen LogP contribution >= 0.6 is 0 Å². The Morgan fingerprint density at radius 2 is 1.95 bits per heavy atom. The van der Waals surface area contributed by atoms with Gasteiger partial charge in [-0.3, -0.25) is 0 Å². The number of para-hydroxylation sites is 2. The molecule has 94 valence electrons. The molecule has 3 rings (SSSR count). The smallest absolute Gasteiger partial charge is 0.337 e. The highest BCUT2D eigenvalue weighted by Gasteiger charge is 2.16. The lowest BCUT2D eigenvalue weighted by atomic mass is 10.1. The average Bonchev–Trinajstić information content (AvgIpc) is 2.82. The number of hydrogen-bond donors (Lipinski definition) is 1. The molecule has 0 aliphatic carbocycles. The van der Waals surface area contributed by atoms with Crippen molar-refractivity contribution in [2.75, 3.05) is 0 Å². The zero-order valence-corrected chi connectivity index (χ0v) is 10.2. The Hall–Kier alpha value is -2.69. The zero-order chi connectivity index (χ0) is 13.4. The Labute approximate surface area is 109 Å². The van der Waals surface area contributed by atoms with Crippen LogP contribution in [0.2, 0.25) is 0 Å². The third-order valence-corrected chi connectivity index (χ3v) is 3.03. The van der Waals surface area contributed by atoms with Crippen molar-refractivity contribution in [2.24, 2.45) is 0 Å². The summed E-state index contributed by atoms with van der Waals surface area (Å²) < 4.78 is 1.58. The molecule has 0 amide bonds. The third kappa shape index (κ3) is 1.76. The lowest BCUT2D eigenvalue weighted by molar-refractivity contribution is 0.0696. The van der Waals surface area contributed by atoms with E-state index in [0.29, 0.717) is 5.69 Å². The highest BCUT2D eigenvalue weighted by molar-refractivity contribution is 5.93. The predicted molar refractivity (Wildman–Crippen MR) is 70.6 cm³/mol. The van der Waals surface area contributed by atoms with Crippen molar-refractivity contribution < 1.29 is 9.90 Å². The summed E-state index contributed by atoms with van der Waals surface area (Å²) in [5.41, 5.74) is 3.15. The fraction of sp³-hybridized carbons (Fsp3) is 0.0714. The second kappa shape index (κ2) is 4.20. The van der Waals surface area contributed by atoms with Crippen LogP contribution in [0, 0.1) is 6.92 Å². The van der Waals surface area contributed by atoms with Gasteiger partial charge in [-0.05, 0) is 30.7 Å². The lowest BCUT2D eigenvalue weighted by Crippen LogP contribution is -2.08. The number of carboxylic acid groups (broad SMARTS) is 1. The molecular formula is C14H11N3O2. The van der Waals surface area contributed by atoms with Crippen molar-refractivity contribution in [1.82, 2.24) is 15.0 Å². The number of carbonyl (C=O) groups is 1. The fourth-order valence-corrected chi connectivity index (χ4v) is 2.15. The summed E-state index contributed by atoms with van der Waals surface area (Å²) >= 11 is 0. The molecule has 0 aliphatic rings. The number of hydrogen-bond acceptors (Lipinski definition) is 3. The van der Waals surface area contributed by atoms with E-state index in [1.54, 1.807) is 16.8 Å². The minimum absolute atomic E-state index is 0.218. The molecule has 0 saturated carbocycles. The highest BCUT2D eigenvalue weighted by Crippen LogP contribution is 2.22. The first kappa shape index (κ1) is 11.4. The van der Waals surface area contributed by atoms with Crippen LogP contribution in [-0.4, -0.2) is 26.1 Å². The van der Waals surface area contributed by atoms with E-state index < -0.39 is 5.97 Å². The van der Waals surface area contributed by atoms with Crippen molar-refractivity contribution >= 4 is 17.0 Å². The number of aromatic carboxylic acids is 1. The standard InChI is InChI=1S/C14H11N3O2/c1-9-5-4-6-10(14(18)19)13(9)17-12-8-3-2-7-11(12)15-16-17/h2-8H,1H3,(H,18,19).